The normalized spacial score (nSPS) is 16.7. The molecule has 0 bridgehead atoms. The van der Waals surface area contributed by atoms with Gasteiger partial charge in [-0.1, -0.05) is 54.6 Å². The summed E-state index contributed by atoms with van der Waals surface area (Å²) < 4.78 is 10.8. The average Bonchev–Trinajstić information content (AvgIpc) is 3.18. The minimum Gasteiger partial charge on any atom is -0.507 e. The molecule has 0 amide bonds. The van der Waals surface area contributed by atoms with Crippen LogP contribution in [-0.4, -0.2) is 25.2 Å². The number of ether oxygens (including phenoxy) is 2. The molecule has 1 aliphatic rings. The summed E-state index contributed by atoms with van der Waals surface area (Å²) in [5.74, 6) is 2.15. The van der Waals surface area contributed by atoms with Crippen LogP contribution in [0.4, 0.5) is 0 Å². The van der Waals surface area contributed by atoms with Crippen molar-refractivity contribution in [3.05, 3.63) is 113 Å². The van der Waals surface area contributed by atoms with Crippen molar-refractivity contribution < 1.29 is 14.6 Å². The van der Waals surface area contributed by atoms with E-state index in [1.54, 1.807) is 20.3 Å². The van der Waals surface area contributed by atoms with Crippen LogP contribution in [0.1, 0.15) is 22.3 Å². The number of aromatic hydroxyl groups is 1. The van der Waals surface area contributed by atoms with E-state index in [0.717, 1.165) is 39.3 Å². The summed E-state index contributed by atoms with van der Waals surface area (Å²) in [6, 6.07) is 29.1. The van der Waals surface area contributed by atoms with Gasteiger partial charge in [0.1, 0.15) is 28.6 Å². The van der Waals surface area contributed by atoms with Crippen LogP contribution in [0.5, 0.6) is 17.2 Å². The average molecular weight is 437 g/mol. The Labute approximate surface area is 192 Å². The predicted octanol–water partition coefficient (Wildman–Crippen LogP) is 5.09. The molecule has 4 aromatic rings. The van der Waals surface area contributed by atoms with E-state index in [0.29, 0.717) is 11.4 Å². The molecule has 0 spiro atoms. The highest BCUT2D eigenvalue weighted by Gasteiger charge is 2.43. The lowest BCUT2D eigenvalue weighted by molar-refractivity contribution is 0.414. The summed E-state index contributed by atoms with van der Waals surface area (Å²) >= 11 is 0. The Morgan fingerprint density at radius 1 is 0.727 bits per heavy atom. The van der Waals surface area contributed by atoms with Crippen LogP contribution >= 0.6 is 0 Å². The molecular weight excluding hydrogens is 412 g/mol. The summed E-state index contributed by atoms with van der Waals surface area (Å²) in [6.07, 6.45) is 0. The van der Waals surface area contributed by atoms with E-state index >= 15 is 0 Å². The summed E-state index contributed by atoms with van der Waals surface area (Å²) in [6.45, 7) is 0. The van der Waals surface area contributed by atoms with Gasteiger partial charge in [-0.3, -0.25) is 0 Å². The molecule has 1 unspecified atom stereocenters. The van der Waals surface area contributed by atoms with Crippen molar-refractivity contribution in [1.29, 1.82) is 0 Å². The number of fused-ring (bicyclic) bond motifs is 1. The smallest absolute Gasteiger partial charge is 0.139 e. The van der Waals surface area contributed by atoms with Gasteiger partial charge < -0.3 is 20.3 Å². The molecular formula is C28H24N2O3. The molecule has 0 aliphatic carbocycles. The lowest BCUT2D eigenvalue weighted by atomic mass is 9.77. The molecule has 0 fully saturated rings. The third-order valence-electron chi connectivity index (χ3n) is 6.18. The second-order valence-electron chi connectivity index (χ2n) is 7.95. The third-order valence-corrected chi connectivity index (χ3v) is 6.18. The maximum atomic E-state index is 10.7. The molecule has 164 valence electrons. The van der Waals surface area contributed by atoms with Gasteiger partial charge in [0.2, 0.25) is 0 Å². The van der Waals surface area contributed by atoms with E-state index in [2.05, 4.69) is 6.07 Å². The summed E-state index contributed by atoms with van der Waals surface area (Å²) in [5.41, 5.74) is 10.9. The standard InChI is InChI=1S/C28H24N2O3/c1-32-21-13-10-19(11-14-21)28(25-9-4-3-8-23(25)27(29)30-28)20-12-15-26(31)24(17-20)18-6-5-7-22(16-18)33-2/h3-17,31H,1-2H3,(H2,29,30). The van der Waals surface area contributed by atoms with Crippen LogP contribution in [0, 0.1) is 0 Å². The van der Waals surface area contributed by atoms with Crippen LogP contribution in [-0.2, 0) is 5.54 Å². The molecule has 0 radical (unpaired) electrons. The van der Waals surface area contributed by atoms with Crippen LogP contribution in [0.15, 0.2) is 96.0 Å². The lowest BCUT2D eigenvalue weighted by Crippen LogP contribution is -2.25. The fraction of sp³-hybridized carbons (Fsp3) is 0.107. The van der Waals surface area contributed by atoms with Crippen molar-refractivity contribution in [2.45, 2.75) is 5.54 Å². The summed E-state index contributed by atoms with van der Waals surface area (Å²) in [7, 11) is 3.27. The Morgan fingerprint density at radius 2 is 1.45 bits per heavy atom. The molecule has 1 aliphatic heterocycles. The molecule has 33 heavy (non-hydrogen) atoms. The summed E-state index contributed by atoms with van der Waals surface area (Å²) in [4.78, 5) is 5.03. The van der Waals surface area contributed by atoms with E-state index in [1.165, 1.54) is 0 Å². The van der Waals surface area contributed by atoms with Crippen LogP contribution in [0.3, 0.4) is 0 Å². The van der Waals surface area contributed by atoms with Gasteiger partial charge in [-0.15, -0.1) is 0 Å². The van der Waals surface area contributed by atoms with Crippen molar-refractivity contribution in [3.8, 4) is 28.4 Å². The van der Waals surface area contributed by atoms with E-state index < -0.39 is 5.54 Å². The molecule has 3 N–H and O–H groups in total. The van der Waals surface area contributed by atoms with Gasteiger partial charge in [-0.05, 0) is 58.7 Å². The number of amidine groups is 1. The highest BCUT2D eigenvalue weighted by Crippen LogP contribution is 2.48. The SMILES string of the molecule is COc1ccc(C2(c3ccc(O)c(-c4cccc(OC)c4)c3)N=C(N)c3ccccc32)cc1. The van der Waals surface area contributed by atoms with Crippen molar-refractivity contribution in [1.82, 2.24) is 0 Å². The Bertz CT molecular complexity index is 1360. The molecule has 0 saturated carbocycles. The van der Waals surface area contributed by atoms with Crippen molar-refractivity contribution in [2.24, 2.45) is 10.7 Å². The number of phenols is 1. The van der Waals surface area contributed by atoms with E-state index in [9.17, 15) is 5.11 Å². The van der Waals surface area contributed by atoms with Crippen molar-refractivity contribution in [3.63, 3.8) is 0 Å². The quantitative estimate of drug-likeness (QED) is 0.457. The van der Waals surface area contributed by atoms with Gasteiger partial charge in [0, 0.05) is 11.1 Å². The van der Waals surface area contributed by atoms with E-state index in [-0.39, 0.29) is 5.75 Å². The molecule has 5 heteroatoms. The lowest BCUT2D eigenvalue weighted by Gasteiger charge is -2.30. The Hall–Kier alpha value is -4.25. The van der Waals surface area contributed by atoms with Crippen LogP contribution in [0.25, 0.3) is 11.1 Å². The topological polar surface area (TPSA) is 77.1 Å². The monoisotopic (exact) mass is 436 g/mol. The molecule has 5 nitrogen and oxygen atoms in total. The molecule has 4 aromatic carbocycles. The third kappa shape index (κ3) is 3.29. The zero-order chi connectivity index (χ0) is 23.0. The second kappa shape index (κ2) is 8.02. The Balaban J connectivity index is 1.77. The fourth-order valence-corrected chi connectivity index (χ4v) is 4.55. The van der Waals surface area contributed by atoms with Crippen molar-refractivity contribution >= 4 is 5.84 Å². The van der Waals surface area contributed by atoms with Crippen LogP contribution in [0.2, 0.25) is 0 Å². The molecule has 1 atom stereocenters. The maximum Gasteiger partial charge on any atom is 0.139 e. The first-order valence-electron chi connectivity index (χ1n) is 10.6. The largest absolute Gasteiger partial charge is 0.507 e. The number of nitrogens with zero attached hydrogens (tertiary/aromatic N) is 1. The zero-order valence-corrected chi connectivity index (χ0v) is 18.4. The Kier molecular flexibility index (Phi) is 5.02. The number of aliphatic imine (C=N–C) groups is 1. The predicted molar refractivity (Wildman–Crippen MR) is 130 cm³/mol. The number of hydrogen-bond acceptors (Lipinski definition) is 5. The summed E-state index contributed by atoms with van der Waals surface area (Å²) in [5, 5.41) is 10.7. The number of phenolic OH excluding ortho intramolecular Hbond substituents is 1. The minimum absolute atomic E-state index is 0.181. The van der Waals surface area contributed by atoms with Crippen molar-refractivity contribution in [2.75, 3.05) is 14.2 Å². The highest BCUT2D eigenvalue weighted by molar-refractivity contribution is 6.03. The van der Waals surface area contributed by atoms with Gasteiger partial charge in [-0.2, -0.15) is 0 Å². The first kappa shape index (κ1) is 20.6. The van der Waals surface area contributed by atoms with Gasteiger partial charge >= 0.3 is 0 Å². The zero-order valence-electron chi connectivity index (χ0n) is 18.4. The fourth-order valence-electron chi connectivity index (χ4n) is 4.55. The van der Waals surface area contributed by atoms with Gasteiger partial charge in [-0.25, -0.2) is 4.99 Å². The number of hydrogen-bond donors (Lipinski definition) is 2. The van der Waals surface area contributed by atoms with E-state index in [1.807, 2.05) is 78.9 Å². The molecule has 1 heterocycles. The number of rotatable bonds is 5. The molecule has 0 saturated heterocycles. The van der Waals surface area contributed by atoms with E-state index in [4.69, 9.17) is 20.2 Å². The molecule has 5 rings (SSSR count). The van der Waals surface area contributed by atoms with Crippen LogP contribution < -0.4 is 15.2 Å². The maximum absolute atomic E-state index is 10.7. The number of nitrogens with two attached hydrogens (primary N) is 1. The number of benzene rings is 4. The number of methoxy groups -OCH3 is 2. The molecule has 0 aromatic heterocycles. The van der Waals surface area contributed by atoms with Gasteiger partial charge in [0.25, 0.3) is 0 Å². The highest BCUT2D eigenvalue weighted by atomic mass is 16.5. The first-order valence-corrected chi connectivity index (χ1v) is 10.6. The first-order chi connectivity index (χ1) is 16.1. The minimum atomic E-state index is -0.853. The Morgan fingerprint density at radius 3 is 2.21 bits per heavy atom. The van der Waals surface area contributed by atoms with Gasteiger partial charge in [0.05, 0.1) is 14.2 Å². The second-order valence-corrected chi connectivity index (χ2v) is 7.95. The van der Waals surface area contributed by atoms with Gasteiger partial charge in [0.15, 0.2) is 0 Å².